The molecule has 0 spiro atoms. The molecule has 1 saturated heterocycles. The molecule has 5 nitrogen and oxygen atoms in total. The molecule has 138 valence electrons. The Bertz CT molecular complexity index is 444. The second-order valence-corrected chi connectivity index (χ2v) is 8.39. The van der Waals surface area contributed by atoms with Gasteiger partial charge in [-0.1, -0.05) is 40.5 Å². The fourth-order valence-corrected chi connectivity index (χ4v) is 3.64. The van der Waals surface area contributed by atoms with Crippen molar-refractivity contribution in [1.29, 1.82) is 0 Å². The molecule has 1 aliphatic carbocycles. The van der Waals surface area contributed by atoms with Crippen molar-refractivity contribution < 1.29 is 14.3 Å². The maximum Gasteiger partial charge on any atom is 0.248 e. The molecule has 0 aromatic carbocycles. The van der Waals surface area contributed by atoms with Gasteiger partial charge in [0.2, 0.25) is 11.8 Å². The number of rotatable bonds is 3. The summed E-state index contributed by atoms with van der Waals surface area (Å²) in [6.07, 6.45) is 5.83. The van der Waals surface area contributed by atoms with Crippen molar-refractivity contribution in [2.24, 2.45) is 11.3 Å². The van der Waals surface area contributed by atoms with Crippen LogP contribution in [0.15, 0.2) is 0 Å². The van der Waals surface area contributed by atoms with E-state index >= 15 is 0 Å². The van der Waals surface area contributed by atoms with Gasteiger partial charge in [-0.05, 0) is 25.2 Å². The summed E-state index contributed by atoms with van der Waals surface area (Å²) in [6.45, 7) is 10.9. The van der Waals surface area contributed by atoms with E-state index in [1.165, 1.54) is 19.3 Å². The molecule has 0 N–H and O–H groups in total. The zero-order valence-corrected chi connectivity index (χ0v) is 15.8. The molecular weight excluding hydrogens is 304 g/mol. The van der Waals surface area contributed by atoms with Crippen LogP contribution in [0.4, 0.5) is 0 Å². The summed E-state index contributed by atoms with van der Waals surface area (Å²) in [6, 6.07) is 0. The number of hydrogen-bond donors (Lipinski definition) is 0. The standard InChI is InChI=1S/C19H34N2O3/c1-15-8-5-6-9-16(15)24-14-17(22)20-10-7-11-21(13-12-20)18(23)19(2,3)4/h15-16H,5-14H2,1-4H3/t15-,16+/m0/s1. The van der Waals surface area contributed by atoms with Crippen molar-refractivity contribution in [2.45, 2.75) is 65.9 Å². The zero-order valence-electron chi connectivity index (χ0n) is 15.8. The minimum absolute atomic E-state index is 0.0674. The van der Waals surface area contributed by atoms with E-state index in [1.54, 1.807) is 0 Å². The fraction of sp³-hybridized carbons (Fsp3) is 0.895. The maximum atomic E-state index is 12.5. The van der Waals surface area contributed by atoms with Gasteiger partial charge in [0.15, 0.2) is 0 Å². The summed E-state index contributed by atoms with van der Waals surface area (Å²) in [7, 11) is 0. The lowest BCUT2D eigenvalue weighted by Gasteiger charge is -2.30. The van der Waals surface area contributed by atoms with Gasteiger partial charge >= 0.3 is 0 Å². The highest BCUT2D eigenvalue weighted by molar-refractivity contribution is 5.82. The maximum absolute atomic E-state index is 12.5. The lowest BCUT2D eigenvalue weighted by Crippen LogP contribution is -2.43. The first-order chi connectivity index (χ1) is 11.3. The quantitative estimate of drug-likeness (QED) is 0.795. The van der Waals surface area contributed by atoms with Crippen molar-refractivity contribution in [3.8, 4) is 0 Å². The van der Waals surface area contributed by atoms with Crippen LogP contribution in [-0.4, -0.2) is 60.5 Å². The van der Waals surface area contributed by atoms with E-state index in [1.807, 2.05) is 30.6 Å². The van der Waals surface area contributed by atoms with Crippen LogP contribution in [0, 0.1) is 11.3 Å². The van der Waals surface area contributed by atoms with Gasteiger partial charge in [-0.2, -0.15) is 0 Å². The van der Waals surface area contributed by atoms with Crippen molar-refractivity contribution in [1.82, 2.24) is 9.80 Å². The predicted octanol–water partition coefficient (Wildman–Crippen LogP) is 2.69. The van der Waals surface area contributed by atoms with Crippen LogP contribution in [0.25, 0.3) is 0 Å². The smallest absolute Gasteiger partial charge is 0.248 e. The van der Waals surface area contributed by atoms with Crippen LogP contribution in [0.5, 0.6) is 0 Å². The van der Waals surface area contributed by atoms with Gasteiger partial charge < -0.3 is 14.5 Å². The fourth-order valence-electron chi connectivity index (χ4n) is 3.64. The zero-order chi connectivity index (χ0) is 17.7. The molecule has 0 radical (unpaired) electrons. The Morgan fingerprint density at radius 2 is 1.58 bits per heavy atom. The lowest BCUT2D eigenvalue weighted by molar-refractivity contribution is -0.142. The summed E-state index contributed by atoms with van der Waals surface area (Å²) < 4.78 is 5.91. The second kappa shape index (κ2) is 8.32. The van der Waals surface area contributed by atoms with Crippen LogP contribution in [0.3, 0.4) is 0 Å². The van der Waals surface area contributed by atoms with E-state index in [9.17, 15) is 9.59 Å². The SMILES string of the molecule is C[C@H]1CCCC[C@H]1OCC(=O)N1CCCN(C(=O)C(C)(C)C)CC1. The van der Waals surface area contributed by atoms with Gasteiger partial charge in [0, 0.05) is 31.6 Å². The molecule has 0 bridgehead atoms. The topological polar surface area (TPSA) is 49.9 Å². The predicted molar refractivity (Wildman–Crippen MR) is 94.6 cm³/mol. The number of carbonyl (C=O) groups is 2. The number of amides is 2. The Balaban J connectivity index is 1.80. The van der Waals surface area contributed by atoms with E-state index in [0.717, 1.165) is 25.9 Å². The van der Waals surface area contributed by atoms with Crippen LogP contribution in [-0.2, 0) is 14.3 Å². The first-order valence-corrected chi connectivity index (χ1v) is 9.48. The van der Waals surface area contributed by atoms with Gasteiger partial charge in [-0.3, -0.25) is 9.59 Å². The van der Waals surface area contributed by atoms with E-state index in [4.69, 9.17) is 4.74 Å². The van der Waals surface area contributed by atoms with Crippen molar-refractivity contribution in [2.75, 3.05) is 32.8 Å². The molecule has 2 aliphatic rings. The van der Waals surface area contributed by atoms with Crippen LogP contribution in [0.1, 0.15) is 59.8 Å². The molecule has 1 saturated carbocycles. The molecule has 2 rings (SSSR count). The van der Waals surface area contributed by atoms with E-state index < -0.39 is 0 Å². The molecule has 5 heteroatoms. The Hall–Kier alpha value is -1.10. The number of ether oxygens (including phenoxy) is 1. The van der Waals surface area contributed by atoms with E-state index in [0.29, 0.717) is 19.0 Å². The third-order valence-corrected chi connectivity index (χ3v) is 5.23. The normalized spacial score (nSPS) is 26.2. The van der Waals surface area contributed by atoms with Gasteiger partial charge in [0.05, 0.1) is 6.10 Å². The highest BCUT2D eigenvalue weighted by Gasteiger charge is 2.30. The molecule has 0 unspecified atom stereocenters. The largest absolute Gasteiger partial charge is 0.368 e. The average molecular weight is 338 g/mol. The minimum atomic E-state index is -0.362. The Morgan fingerprint density at radius 1 is 0.958 bits per heavy atom. The van der Waals surface area contributed by atoms with Crippen LogP contribution < -0.4 is 0 Å². The highest BCUT2D eigenvalue weighted by Crippen LogP contribution is 2.26. The summed E-state index contributed by atoms with van der Waals surface area (Å²) in [5.41, 5.74) is -0.362. The third kappa shape index (κ3) is 5.20. The summed E-state index contributed by atoms with van der Waals surface area (Å²) in [4.78, 5) is 28.7. The third-order valence-electron chi connectivity index (χ3n) is 5.23. The van der Waals surface area contributed by atoms with Gasteiger partial charge in [-0.25, -0.2) is 0 Å². The molecule has 2 atom stereocenters. The Kier molecular flexibility index (Phi) is 6.67. The van der Waals surface area contributed by atoms with Gasteiger partial charge in [0.25, 0.3) is 0 Å². The monoisotopic (exact) mass is 338 g/mol. The summed E-state index contributed by atoms with van der Waals surface area (Å²) in [5.74, 6) is 0.789. The van der Waals surface area contributed by atoms with E-state index in [-0.39, 0.29) is 29.9 Å². The minimum Gasteiger partial charge on any atom is -0.368 e. The molecule has 1 aliphatic heterocycles. The van der Waals surface area contributed by atoms with Crippen LogP contribution >= 0.6 is 0 Å². The molecule has 2 amide bonds. The van der Waals surface area contributed by atoms with Crippen LogP contribution in [0.2, 0.25) is 0 Å². The van der Waals surface area contributed by atoms with E-state index in [2.05, 4.69) is 6.92 Å². The molecule has 24 heavy (non-hydrogen) atoms. The number of nitrogens with zero attached hydrogens (tertiary/aromatic N) is 2. The molecular formula is C19H34N2O3. The number of carbonyl (C=O) groups excluding carboxylic acids is 2. The van der Waals surface area contributed by atoms with Crippen molar-refractivity contribution in [3.05, 3.63) is 0 Å². The molecule has 0 aromatic rings. The summed E-state index contributed by atoms with van der Waals surface area (Å²) in [5, 5.41) is 0. The van der Waals surface area contributed by atoms with Gasteiger partial charge in [0.1, 0.15) is 6.61 Å². The number of hydrogen-bond acceptors (Lipinski definition) is 3. The molecule has 2 fully saturated rings. The Labute approximate surface area is 146 Å². The van der Waals surface area contributed by atoms with Crippen molar-refractivity contribution in [3.63, 3.8) is 0 Å². The highest BCUT2D eigenvalue weighted by atomic mass is 16.5. The summed E-state index contributed by atoms with van der Waals surface area (Å²) >= 11 is 0. The van der Waals surface area contributed by atoms with Crippen molar-refractivity contribution >= 4 is 11.8 Å². The Morgan fingerprint density at radius 3 is 2.25 bits per heavy atom. The average Bonchev–Trinajstić information content (AvgIpc) is 2.78. The lowest BCUT2D eigenvalue weighted by atomic mass is 9.88. The molecule has 1 heterocycles. The molecule has 0 aromatic heterocycles. The second-order valence-electron chi connectivity index (χ2n) is 8.39. The van der Waals surface area contributed by atoms with Gasteiger partial charge in [-0.15, -0.1) is 0 Å². The first kappa shape index (κ1) is 19.2. The first-order valence-electron chi connectivity index (χ1n) is 9.48.